The van der Waals surface area contributed by atoms with Crippen LogP contribution in [0.5, 0.6) is 11.5 Å². The molecule has 0 saturated heterocycles. The Kier molecular flexibility index (Phi) is 4.27. The number of hydrogen-bond donors (Lipinski definition) is 1. The number of carbonyl (C=O) groups is 1. The second-order valence-corrected chi connectivity index (χ2v) is 6.46. The van der Waals surface area contributed by atoms with Crippen LogP contribution in [0, 0.1) is 0 Å². The van der Waals surface area contributed by atoms with Crippen molar-refractivity contribution in [2.75, 3.05) is 14.2 Å². The van der Waals surface area contributed by atoms with Gasteiger partial charge in [-0.3, -0.25) is 4.79 Å². The molecule has 1 N–H and O–H groups in total. The Hall–Kier alpha value is -1.71. The smallest absolute Gasteiger partial charge is 0.230 e. The quantitative estimate of drug-likeness (QED) is 0.909. The number of ether oxygens (including phenoxy) is 2. The fourth-order valence-corrected chi connectivity index (χ4v) is 3.48. The minimum atomic E-state index is -0.350. The number of amides is 1. The van der Waals surface area contributed by atoms with E-state index in [1.165, 1.54) is 19.3 Å². The van der Waals surface area contributed by atoms with Crippen LogP contribution in [0.15, 0.2) is 18.2 Å². The van der Waals surface area contributed by atoms with E-state index in [0.717, 1.165) is 31.2 Å². The number of carbonyl (C=O) groups excluding carboxylic acids is 1. The predicted molar refractivity (Wildman–Crippen MR) is 85.5 cm³/mol. The predicted octanol–water partition coefficient (Wildman–Crippen LogP) is 3.18. The topological polar surface area (TPSA) is 47.6 Å². The number of rotatable bonds is 5. The molecule has 0 spiro atoms. The second-order valence-electron chi connectivity index (χ2n) is 6.46. The third-order valence-electron chi connectivity index (χ3n) is 5.06. The van der Waals surface area contributed by atoms with Crippen molar-refractivity contribution in [3.63, 3.8) is 0 Å². The molecule has 2 aliphatic rings. The Morgan fingerprint density at radius 3 is 2.36 bits per heavy atom. The van der Waals surface area contributed by atoms with Crippen LogP contribution in [-0.2, 0) is 10.2 Å². The van der Waals surface area contributed by atoms with E-state index in [9.17, 15) is 4.79 Å². The van der Waals surface area contributed by atoms with Gasteiger partial charge in [0.1, 0.15) is 0 Å². The first-order valence-electron chi connectivity index (χ1n) is 8.23. The Balaban J connectivity index is 1.76. The summed E-state index contributed by atoms with van der Waals surface area (Å²) in [6.07, 6.45) is 7.83. The second kappa shape index (κ2) is 6.19. The van der Waals surface area contributed by atoms with Crippen molar-refractivity contribution in [3.05, 3.63) is 23.8 Å². The Morgan fingerprint density at radius 2 is 1.77 bits per heavy atom. The zero-order valence-corrected chi connectivity index (χ0v) is 13.5. The standard InChI is InChI=1S/C18H25NO3/c1-21-15-9-8-13(12-16(15)22-2)18(10-11-18)17(20)19-14-6-4-3-5-7-14/h8-9,12,14H,3-7,10-11H2,1-2H3,(H,19,20). The van der Waals surface area contributed by atoms with E-state index in [1.54, 1.807) is 14.2 Å². The molecule has 0 aliphatic heterocycles. The van der Waals surface area contributed by atoms with Gasteiger partial charge < -0.3 is 14.8 Å². The lowest BCUT2D eigenvalue weighted by Gasteiger charge is -2.26. The molecule has 120 valence electrons. The average Bonchev–Trinajstić information content (AvgIpc) is 3.37. The molecule has 1 amide bonds. The SMILES string of the molecule is COc1ccc(C2(C(=O)NC3CCCCC3)CC2)cc1OC. The maximum Gasteiger partial charge on any atom is 0.230 e. The van der Waals surface area contributed by atoms with Gasteiger partial charge >= 0.3 is 0 Å². The van der Waals surface area contributed by atoms with Gasteiger partial charge in [-0.25, -0.2) is 0 Å². The van der Waals surface area contributed by atoms with E-state index >= 15 is 0 Å². The highest BCUT2D eigenvalue weighted by Crippen LogP contribution is 2.50. The first-order chi connectivity index (χ1) is 10.7. The van der Waals surface area contributed by atoms with Crippen LogP contribution in [0.2, 0.25) is 0 Å². The van der Waals surface area contributed by atoms with Crippen molar-refractivity contribution < 1.29 is 14.3 Å². The molecule has 4 heteroatoms. The lowest BCUT2D eigenvalue weighted by Crippen LogP contribution is -2.42. The van der Waals surface area contributed by atoms with Gasteiger partial charge in [-0.2, -0.15) is 0 Å². The Bertz CT molecular complexity index is 545. The zero-order valence-electron chi connectivity index (χ0n) is 13.5. The van der Waals surface area contributed by atoms with Crippen LogP contribution in [0.3, 0.4) is 0 Å². The molecule has 0 unspecified atom stereocenters. The van der Waals surface area contributed by atoms with Crippen LogP contribution in [-0.4, -0.2) is 26.2 Å². The number of nitrogens with one attached hydrogen (secondary N) is 1. The summed E-state index contributed by atoms with van der Waals surface area (Å²) < 4.78 is 10.7. The average molecular weight is 303 g/mol. The Labute approximate surface area is 132 Å². The summed E-state index contributed by atoms with van der Waals surface area (Å²) in [7, 11) is 3.25. The van der Waals surface area contributed by atoms with Gasteiger partial charge in [0.2, 0.25) is 5.91 Å². The van der Waals surface area contributed by atoms with E-state index in [0.29, 0.717) is 17.5 Å². The maximum atomic E-state index is 12.8. The lowest BCUT2D eigenvalue weighted by molar-refractivity contribution is -0.124. The van der Waals surface area contributed by atoms with Crippen molar-refractivity contribution in [1.82, 2.24) is 5.32 Å². The van der Waals surface area contributed by atoms with Crippen LogP contribution in [0.1, 0.15) is 50.5 Å². The molecule has 1 aromatic carbocycles. The summed E-state index contributed by atoms with van der Waals surface area (Å²) >= 11 is 0. The number of methoxy groups -OCH3 is 2. The molecule has 0 atom stereocenters. The van der Waals surface area contributed by atoms with Crippen molar-refractivity contribution in [2.24, 2.45) is 0 Å². The summed E-state index contributed by atoms with van der Waals surface area (Å²) in [5.41, 5.74) is 0.690. The number of hydrogen-bond acceptors (Lipinski definition) is 3. The van der Waals surface area contributed by atoms with Crippen LogP contribution < -0.4 is 14.8 Å². The third kappa shape index (κ3) is 2.79. The molecule has 2 saturated carbocycles. The normalized spacial score (nSPS) is 20.3. The van der Waals surface area contributed by atoms with Gasteiger partial charge in [0, 0.05) is 6.04 Å². The highest BCUT2D eigenvalue weighted by atomic mass is 16.5. The van der Waals surface area contributed by atoms with Crippen molar-refractivity contribution >= 4 is 5.91 Å². The minimum absolute atomic E-state index is 0.187. The van der Waals surface area contributed by atoms with Crippen LogP contribution >= 0.6 is 0 Å². The van der Waals surface area contributed by atoms with E-state index in [-0.39, 0.29) is 11.3 Å². The third-order valence-corrected chi connectivity index (χ3v) is 5.06. The van der Waals surface area contributed by atoms with Crippen LogP contribution in [0.4, 0.5) is 0 Å². The van der Waals surface area contributed by atoms with E-state index < -0.39 is 0 Å². The monoisotopic (exact) mass is 303 g/mol. The largest absolute Gasteiger partial charge is 0.493 e. The highest BCUT2D eigenvalue weighted by Gasteiger charge is 2.51. The molecule has 0 heterocycles. The minimum Gasteiger partial charge on any atom is -0.493 e. The molecule has 1 aromatic rings. The maximum absolute atomic E-state index is 12.8. The summed E-state index contributed by atoms with van der Waals surface area (Å²) in [4.78, 5) is 12.8. The summed E-state index contributed by atoms with van der Waals surface area (Å²) in [6, 6.07) is 6.20. The van der Waals surface area contributed by atoms with Crippen molar-refractivity contribution in [2.45, 2.75) is 56.4 Å². The van der Waals surface area contributed by atoms with Crippen molar-refractivity contribution in [3.8, 4) is 11.5 Å². The fourth-order valence-electron chi connectivity index (χ4n) is 3.48. The van der Waals surface area contributed by atoms with Crippen LogP contribution in [0.25, 0.3) is 0 Å². The molecule has 4 nitrogen and oxygen atoms in total. The van der Waals surface area contributed by atoms with Gasteiger partial charge in [0.25, 0.3) is 0 Å². The first kappa shape index (κ1) is 15.2. The molecule has 0 radical (unpaired) electrons. The van der Waals surface area contributed by atoms with Gasteiger partial charge in [-0.1, -0.05) is 25.3 Å². The van der Waals surface area contributed by atoms with E-state index in [4.69, 9.17) is 9.47 Å². The van der Waals surface area contributed by atoms with Gasteiger partial charge in [0.15, 0.2) is 11.5 Å². The number of benzene rings is 1. The molecule has 0 aromatic heterocycles. The fraction of sp³-hybridized carbons (Fsp3) is 0.611. The molecule has 2 aliphatic carbocycles. The zero-order chi connectivity index (χ0) is 15.6. The van der Waals surface area contributed by atoms with E-state index in [2.05, 4.69) is 5.32 Å². The first-order valence-corrected chi connectivity index (χ1v) is 8.23. The molecular weight excluding hydrogens is 278 g/mol. The van der Waals surface area contributed by atoms with Gasteiger partial charge in [-0.15, -0.1) is 0 Å². The lowest BCUT2D eigenvalue weighted by atomic mass is 9.91. The molecular formula is C18H25NO3. The van der Waals surface area contributed by atoms with E-state index in [1.807, 2.05) is 18.2 Å². The highest BCUT2D eigenvalue weighted by molar-refractivity contribution is 5.91. The summed E-state index contributed by atoms with van der Waals surface area (Å²) in [5.74, 6) is 1.58. The van der Waals surface area contributed by atoms with Gasteiger partial charge in [0.05, 0.1) is 19.6 Å². The molecule has 3 rings (SSSR count). The van der Waals surface area contributed by atoms with Crippen molar-refractivity contribution in [1.29, 1.82) is 0 Å². The van der Waals surface area contributed by atoms with Gasteiger partial charge in [-0.05, 0) is 43.4 Å². The summed E-state index contributed by atoms with van der Waals surface area (Å²) in [5, 5.41) is 3.28. The molecule has 2 fully saturated rings. The molecule has 22 heavy (non-hydrogen) atoms. The Morgan fingerprint density at radius 1 is 1.09 bits per heavy atom. The molecule has 0 bridgehead atoms. The summed E-state index contributed by atoms with van der Waals surface area (Å²) in [6.45, 7) is 0.